The van der Waals surface area contributed by atoms with Gasteiger partial charge in [0.05, 0.1) is 34.1 Å². The number of nitrogens with zero attached hydrogens (tertiary/aromatic N) is 2. The Morgan fingerprint density at radius 2 is 2.19 bits per heavy atom. The number of benzene rings is 1. The monoisotopic (exact) mass is 319 g/mol. The third-order valence-corrected chi connectivity index (χ3v) is 4.31. The molecule has 0 amide bonds. The maximum absolute atomic E-state index is 6.21. The van der Waals surface area contributed by atoms with Crippen molar-refractivity contribution in [3.63, 3.8) is 0 Å². The summed E-state index contributed by atoms with van der Waals surface area (Å²) in [4.78, 5) is 1.13. The number of hydrogen-bond donors (Lipinski definition) is 1. The van der Waals surface area contributed by atoms with Crippen LogP contribution in [0.4, 0.5) is 0 Å². The number of nitrogens with two attached hydrogens (primary N) is 1. The van der Waals surface area contributed by atoms with Crippen LogP contribution in [0, 0.1) is 0 Å². The van der Waals surface area contributed by atoms with E-state index in [0.29, 0.717) is 17.3 Å². The van der Waals surface area contributed by atoms with Crippen LogP contribution in [0.3, 0.4) is 0 Å². The predicted octanol–water partition coefficient (Wildman–Crippen LogP) is 3.72. The van der Waals surface area contributed by atoms with Crippen molar-refractivity contribution in [1.29, 1.82) is 0 Å². The highest BCUT2D eigenvalue weighted by atomic mass is 35.5. The fourth-order valence-electron chi connectivity index (χ4n) is 2.11. The lowest BCUT2D eigenvalue weighted by atomic mass is 10.2. The Hall–Kier alpha value is -1.82. The molecule has 21 heavy (non-hydrogen) atoms. The zero-order valence-corrected chi connectivity index (χ0v) is 13.0. The Morgan fingerprint density at radius 3 is 2.81 bits per heavy atom. The van der Waals surface area contributed by atoms with Crippen LogP contribution in [-0.4, -0.2) is 16.9 Å². The molecular weight excluding hydrogens is 306 g/mol. The molecular formula is C15H14ClN3OS. The summed E-state index contributed by atoms with van der Waals surface area (Å²) in [7, 11) is 1.60. The van der Waals surface area contributed by atoms with Crippen molar-refractivity contribution in [1.82, 2.24) is 9.78 Å². The highest BCUT2D eigenvalue weighted by Crippen LogP contribution is 2.31. The summed E-state index contributed by atoms with van der Waals surface area (Å²) in [5.41, 5.74) is 8.44. The smallest absolute Gasteiger partial charge is 0.137 e. The SMILES string of the molecule is COc1ccc(-n2nc(CN)cc2-c2cccs2)cc1Cl. The minimum Gasteiger partial charge on any atom is -0.495 e. The van der Waals surface area contributed by atoms with E-state index in [4.69, 9.17) is 22.1 Å². The average molecular weight is 320 g/mol. The predicted molar refractivity (Wildman–Crippen MR) is 86.3 cm³/mol. The van der Waals surface area contributed by atoms with Crippen molar-refractivity contribution in [2.24, 2.45) is 5.73 Å². The number of ether oxygens (including phenoxy) is 1. The van der Waals surface area contributed by atoms with Crippen LogP contribution in [0.1, 0.15) is 5.69 Å². The third-order valence-electron chi connectivity index (χ3n) is 3.12. The van der Waals surface area contributed by atoms with Crippen molar-refractivity contribution in [2.45, 2.75) is 6.54 Å². The lowest BCUT2D eigenvalue weighted by Gasteiger charge is -2.09. The zero-order chi connectivity index (χ0) is 14.8. The molecule has 1 aromatic carbocycles. The summed E-state index contributed by atoms with van der Waals surface area (Å²) in [5.74, 6) is 0.643. The number of methoxy groups -OCH3 is 1. The van der Waals surface area contributed by atoms with Gasteiger partial charge in [0.15, 0.2) is 0 Å². The van der Waals surface area contributed by atoms with E-state index in [1.807, 2.05) is 40.4 Å². The summed E-state index contributed by atoms with van der Waals surface area (Å²) < 4.78 is 7.05. The maximum Gasteiger partial charge on any atom is 0.137 e. The number of rotatable bonds is 4. The second kappa shape index (κ2) is 5.89. The molecule has 0 unspecified atom stereocenters. The molecule has 0 saturated heterocycles. The van der Waals surface area contributed by atoms with Crippen LogP contribution in [0.2, 0.25) is 5.02 Å². The van der Waals surface area contributed by atoms with E-state index in [-0.39, 0.29) is 0 Å². The Kier molecular flexibility index (Phi) is 3.96. The Bertz CT molecular complexity index is 752. The molecule has 108 valence electrons. The van der Waals surface area contributed by atoms with Crippen LogP contribution >= 0.6 is 22.9 Å². The first kappa shape index (κ1) is 14.1. The van der Waals surface area contributed by atoms with Crippen molar-refractivity contribution in [2.75, 3.05) is 7.11 Å². The van der Waals surface area contributed by atoms with Gasteiger partial charge in [0.2, 0.25) is 0 Å². The van der Waals surface area contributed by atoms with E-state index in [9.17, 15) is 0 Å². The molecule has 0 atom stereocenters. The van der Waals surface area contributed by atoms with Gasteiger partial charge in [-0.05, 0) is 35.7 Å². The van der Waals surface area contributed by atoms with Gasteiger partial charge in [0.25, 0.3) is 0 Å². The number of aromatic nitrogens is 2. The maximum atomic E-state index is 6.21. The van der Waals surface area contributed by atoms with Gasteiger partial charge in [0, 0.05) is 6.54 Å². The molecule has 2 N–H and O–H groups in total. The number of thiophene rings is 1. The van der Waals surface area contributed by atoms with Gasteiger partial charge in [-0.3, -0.25) is 0 Å². The minimum atomic E-state index is 0.398. The molecule has 0 bridgehead atoms. The van der Waals surface area contributed by atoms with Gasteiger partial charge >= 0.3 is 0 Å². The quantitative estimate of drug-likeness (QED) is 0.797. The molecule has 2 aromatic heterocycles. The van der Waals surface area contributed by atoms with E-state index < -0.39 is 0 Å². The summed E-state index contributed by atoms with van der Waals surface area (Å²) in [5, 5.41) is 7.14. The Labute approximate surface area is 131 Å². The van der Waals surface area contributed by atoms with Gasteiger partial charge in [-0.25, -0.2) is 4.68 Å². The Morgan fingerprint density at radius 1 is 1.33 bits per heavy atom. The first-order valence-corrected chi connectivity index (χ1v) is 7.65. The molecule has 0 saturated carbocycles. The lowest BCUT2D eigenvalue weighted by molar-refractivity contribution is 0.415. The molecule has 0 fully saturated rings. The van der Waals surface area contributed by atoms with Gasteiger partial charge in [-0.15, -0.1) is 11.3 Å². The average Bonchev–Trinajstić information content (AvgIpc) is 3.15. The standard InChI is InChI=1S/C15H14ClN3OS/c1-20-14-5-4-11(8-12(14)16)19-13(7-10(9-17)18-19)15-3-2-6-21-15/h2-8H,9,17H2,1H3. The van der Waals surface area contributed by atoms with Crippen LogP contribution in [0.5, 0.6) is 5.75 Å². The zero-order valence-electron chi connectivity index (χ0n) is 11.4. The fourth-order valence-corrected chi connectivity index (χ4v) is 3.09. The van der Waals surface area contributed by atoms with E-state index in [1.165, 1.54) is 0 Å². The van der Waals surface area contributed by atoms with Gasteiger partial charge in [-0.2, -0.15) is 5.10 Å². The van der Waals surface area contributed by atoms with Crippen LogP contribution in [0.25, 0.3) is 16.3 Å². The van der Waals surface area contributed by atoms with Crippen molar-refractivity contribution in [3.05, 3.63) is 52.5 Å². The summed E-state index contributed by atoms with van der Waals surface area (Å²) in [6.07, 6.45) is 0. The van der Waals surface area contributed by atoms with E-state index in [2.05, 4.69) is 11.2 Å². The van der Waals surface area contributed by atoms with Crippen LogP contribution in [0.15, 0.2) is 41.8 Å². The largest absolute Gasteiger partial charge is 0.495 e. The van der Waals surface area contributed by atoms with Crippen molar-refractivity contribution >= 4 is 22.9 Å². The summed E-state index contributed by atoms with van der Waals surface area (Å²) >= 11 is 7.87. The minimum absolute atomic E-state index is 0.398. The number of halogens is 1. The molecule has 3 aromatic rings. The molecule has 6 heteroatoms. The molecule has 3 rings (SSSR count). The summed E-state index contributed by atoms with van der Waals surface area (Å²) in [6.45, 7) is 0.398. The van der Waals surface area contributed by atoms with Gasteiger partial charge < -0.3 is 10.5 Å². The molecule has 4 nitrogen and oxygen atoms in total. The Balaban J connectivity index is 2.13. The van der Waals surface area contributed by atoms with Crippen molar-refractivity contribution in [3.8, 4) is 22.0 Å². The first-order chi connectivity index (χ1) is 10.2. The number of hydrogen-bond acceptors (Lipinski definition) is 4. The topological polar surface area (TPSA) is 53.1 Å². The molecule has 0 aliphatic carbocycles. The van der Waals surface area contributed by atoms with E-state index in [1.54, 1.807) is 18.4 Å². The molecule has 0 aliphatic rings. The van der Waals surface area contributed by atoms with Gasteiger partial charge in [-0.1, -0.05) is 17.7 Å². The van der Waals surface area contributed by atoms with E-state index >= 15 is 0 Å². The third kappa shape index (κ3) is 2.68. The van der Waals surface area contributed by atoms with Crippen LogP contribution in [-0.2, 0) is 6.54 Å². The fraction of sp³-hybridized carbons (Fsp3) is 0.133. The summed E-state index contributed by atoms with van der Waals surface area (Å²) in [6, 6.07) is 11.7. The van der Waals surface area contributed by atoms with E-state index in [0.717, 1.165) is 22.0 Å². The molecule has 2 heterocycles. The first-order valence-electron chi connectivity index (χ1n) is 6.39. The second-order valence-electron chi connectivity index (χ2n) is 4.43. The lowest BCUT2D eigenvalue weighted by Crippen LogP contribution is -2.02. The van der Waals surface area contributed by atoms with Gasteiger partial charge in [0.1, 0.15) is 5.75 Å². The van der Waals surface area contributed by atoms with Crippen molar-refractivity contribution < 1.29 is 4.74 Å². The molecule has 0 aliphatic heterocycles. The highest BCUT2D eigenvalue weighted by Gasteiger charge is 2.13. The van der Waals surface area contributed by atoms with Crippen LogP contribution < -0.4 is 10.5 Å². The molecule has 0 radical (unpaired) electrons. The normalized spacial score (nSPS) is 10.8. The second-order valence-corrected chi connectivity index (χ2v) is 5.79. The highest BCUT2D eigenvalue weighted by molar-refractivity contribution is 7.13. The molecule has 0 spiro atoms.